The van der Waals surface area contributed by atoms with Crippen molar-refractivity contribution >= 4 is 18.0 Å². The highest BCUT2D eigenvalue weighted by Crippen LogP contribution is 2.44. The maximum absolute atomic E-state index is 12.5. The number of rotatable bonds is 10. The minimum absolute atomic E-state index is 0.0854. The largest absolute Gasteiger partial charge is 0.481 e. The number of aliphatic hydroxyl groups excluding tert-OH is 1. The molecule has 0 bridgehead atoms. The lowest BCUT2D eigenvalue weighted by atomic mass is 9.98. The number of carbonyl (C=O) groups is 3. The predicted molar refractivity (Wildman–Crippen MR) is 118 cm³/mol. The molecule has 32 heavy (non-hydrogen) atoms. The normalized spacial score (nSPS) is 14.1. The lowest BCUT2D eigenvalue weighted by Gasteiger charge is -2.20. The molecule has 2 amide bonds. The van der Waals surface area contributed by atoms with Crippen LogP contribution in [0.25, 0.3) is 11.1 Å². The molecule has 2 atom stereocenters. The molecule has 2 aromatic rings. The van der Waals surface area contributed by atoms with Gasteiger partial charge in [0.15, 0.2) is 0 Å². The topological polar surface area (TPSA) is 125 Å². The number of benzene rings is 2. The molecule has 3 rings (SSSR count). The van der Waals surface area contributed by atoms with Crippen molar-refractivity contribution in [2.24, 2.45) is 0 Å². The molecule has 2 aromatic carbocycles. The lowest BCUT2D eigenvalue weighted by molar-refractivity contribution is -0.139. The average Bonchev–Trinajstić information content (AvgIpc) is 3.09. The number of aliphatic hydroxyl groups is 1. The van der Waals surface area contributed by atoms with Gasteiger partial charge in [-0.3, -0.25) is 9.59 Å². The van der Waals surface area contributed by atoms with Gasteiger partial charge in [-0.05, 0) is 28.7 Å². The first kappa shape index (κ1) is 23.3. The number of nitrogens with one attached hydrogen (secondary N) is 2. The summed E-state index contributed by atoms with van der Waals surface area (Å²) in [6, 6.07) is 15.2. The van der Waals surface area contributed by atoms with Gasteiger partial charge < -0.3 is 25.6 Å². The third kappa shape index (κ3) is 5.64. The number of fused-ring (bicyclic) bond motifs is 3. The summed E-state index contributed by atoms with van der Waals surface area (Å²) in [7, 11) is 0. The van der Waals surface area contributed by atoms with E-state index in [0.29, 0.717) is 12.8 Å². The van der Waals surface area contributed by atoms with Crippen molar-refractivity contribution in [1.82, 2.24) is 10.6 Å². The second-order valence-corrected chi connectivity index (χ2v) is 7.81. The van der Waals surface area contributed by atoms with E-state index < -0.39 is 36.5 Å². The molecular weight excluding hydrogens is 412 g/mol. The number of carboxylic acid groups (broad SMARTS) is 1. The van der Waals surface area contributed by atoms with Crippen LogP contribution in [-0.4, -0.2) is 53.5 Å². The van der Waals surface area contributed by atoms with E-state index in [9.17, 15) is 19.5 Å². The van der Waals surface area contributed by atoms with Crippen LogP contribution in [0.2, 0.25) is 0 Å². The van der Waals surface area contributed by atoms with Gasteiger partial charge in [0.1, 0.15) is 12.6 Å². The Morgan fingerprint density at radius 3 is 2.19 bits per heavy atom. The summed E-state index contributed by atoms with van der Waals surface area (Å²) in [6.07, 6.45) is -1.36. The quantitative estimate of drug-likeness (QED) is 0.450. The standard InChI is InChI=1S/C24H28N2O6/c1-2-7-21(23(30)25-13-15(27)12-22(28)29)26-24(31)32-14-20-18-10-5-3-8-16(18)17-9-4-6-11-19(17)20/h3-6,8-11,15,20-21,27H,2,7,12-14H2,1H3,(H,25,30)(H,26,31)(H,28,29)/t15?,21-/m0/s1. The molecule has 1 unspecified atom stereocenters. The van der Waals surface area contributed by atoms with E-state index in [1.807, 2.05) is 43.3 Å². The van der Waals surface area contributed by atoms with E-state index in [1.54, 1.807) is 0 Å². The van der Waals surface area contributed by atoms with Gasteiger partial charge in [0.25, 0.3) is 0 Å². The molecule has 8 heteroatoms. The first-order valence-electron chi connectivity index (χ1n) is 10.7. The number of alkyl carbamates (subject to hydrolysis) is 1. The monoisotopic (exact) mass is 440 g/mol. The molecule has 170 valence electrons. The molecule has 1 aliphatic rings. The van der Waals surface area contributed by atoms with Crippen LogP contribution in [0.4, 0.5) is 4.79 Å². The summed E-state index contributed by atoms with van der Waals surface area (Å²) < 4.78 is 5.49. The minimum Gasteiger partial charge on any atom is -0.481 e. The van der Waals surface area contributed by atoms with E-state index in [2.05, 4.69) is 22.8 Å². The Morgan fingerprint density at radius 2 is 1.62 bits per heavy atom. The average molecular weight is 440 g/mol. The number of amides is 2. The Morgan fingerprint density at radius 1 is 1.03 bits per heavy atom. The van der Waals surface area contributed by atoms with Crippen molar-refractivity contribution in [3.8, 4) is 11.1 Å². The van der Waals surface area contributed by atoms with E-state index in [1.165, 1.54) is 0 Å². The molecule has 0 aromatic heterocycles. The Labute approximate surface area is 186 Å². The van der Waals surface area contributed by atoms with Gasteiger partial charge in [-0.15, -0.1) is 0 Å². The summed E-state index contributed by atoms with van der Waals surface area (Å²) in [6.45, 7) is 1.80. The van der Waals surface area contributed by atoms with Crippen molar-refractivity contribution < 1.29 is 29.3 Å². The molecule has 0 saturated carbocycles. The Kier molecular flexibility index (Phi) is 7.83. The fourth-order valence-electron chi connectivity index (χ4n) is 3.96. The third-order valence-corrected chi connectivity index (χ3v) is 5.45. The highest BCUT2D eigenvalue weighted by molar-refractivity contribution is 5.85. The number of carboxylic acids is 1. The minimum atomic E-state index is -1.20. The van der Waals surface area contributed by atoms with Gasteiger partial charge >= 0.3 is 12.1 Å². The molecule has 0 aliphatic heterocycles. The van der Waals surface area contributed by atoms with E-state index in [-0.39, 0.29) is 19.1 Å². The molecule has 0 fully saturated rings. The molecule has 0 radical (unpaired) electrons. The zero-order chi connectivity index (χ0) is 23.1. The molecule has 0 heterocycles. The molecule has 8 nitrogen and oxygen atoms in total. The van der Waals surface area contributed by atoms with Crippen LogP contribution < -0.4 is 10.6 Å². The summed E-state index contributed by atoms with van der Waals surface area (Å²) in [4.78, 5) is 35.5. The summed E-state index contributed by atoms with van der Waals surface area (Å²) in [5.74, 6) is -1.74. The predicted octanol–water partition coefficient (Wildman–Crippen LogP) is 2.65. The van der Waals surface area contributed by atoms with Crippen molar-refractivity contribution in [3.05, 3.63) is 59.7 Å². The van der Waals surface area contributed by atoms with Gasteiger partial charge in [0.2, 0.25) is 5.91 Å². The number of carbonyl (C=O) groups excluding carboxylic acids is 2. The molecule has 4 N–H and O–H groups in total. The van der Waals surface area contributed by atoms with E-state index >= 15 is 0 Å². The number of aliphatic carboxylic acids is 1. The van der Waals surface area contributed by atoms with E-state index in [0.717, 1.165) is 22.3 Å². The van der Waals surface area contributed by atoms with Gasteiger partial charge in [-0.2, -0.15) is 0 Å². The first-order valence-corrected chi connectivity index (χ1v) is 10.7. The summed E-state index contributed by atoms with van der Waals surface area (Å²) in [5.41, 5.74) is 4.44. The second kappa shape index (κ2) is 10.8. The van der Waals surface area contributed by atoms with Crippen molar-refractivity contribution in [2.45, 2.75) is 44.2 Å². The van der Waals surface area contributed by atoms with E-state index in [4.69, 9.17) is 9.84 Å². The van der Waals surface area contributed by atoms with Crippen molar-refractivity contribution in [3.63, 3.8) is 0 Å². The first-order chi connectivity index (χ1) is 15.4. The summed E-state index contributed by atoms with van der Waals surface area (Å²) in [5, 5.41) is 23.4. The van der Waals surface area contributed by atoms with Crippen LogP contribution in [0.5, 0.6) is 0 Å². The van der Waals surface area contributed by atoms with Crippen LogP contribution in [0.15, 0.2) is 48.5 Å². The van der Waals surface area contributed by atoms with Crippen LogP contribution in [0, 0.1) is 0 Å². The molecule has 1 aliphatic carbocycles. The maximum atomic E-state index is 12.5. The van der Waals surface area contributed by atoms with Gasteiger partial charge in [0, 0.05) is 12.5 Å². The number of hydrogen-bond donors (Lipinski definition) is 4. The zero-order valence-electron chi connectivity index (χ0n) is 17.9. The van der Waals surface area contributed by atoms with Crippen LogP contribution in [0.1, 0.15) is 43.2 Å². The number of hydrogen-bond acceptors (Lipinski definition) is 5. The van der Waals surface area contributed by atoms with Crippen LogP contribution in [0.3, 0.4) is 0 Å². The molecular formula is C24H28N2O6. The highest BCUT2D eigenvalue weighted by Gasteiger charge is 2.29. The molecule has 0 spiro atoms. The fourth-order valence-corrected chi connectivity index (χ4v) is 3.96. The molecule has 0 saturated heterocycles. The summed E-state index contributed by atoms with van der Waals surface area (Å²) >= 11 is 0. The van der Waals surface area contributed by atoms with Crippen molar-refractivity contribution in [2.75, 3.05) is 13.2 Å². The zero-order valence-corrected chi connectivity index (χ0v) is 17.9. The fraction of sp³-hybridized carbons (Fsp3) is 0.375. The SMILES string of the molecule is CCC[C@H](NC(=O)OCC1c2ccccc2-c2ccccc21)C(=O)NCC(O)CC(=O)O. The van der Waals surface area contributed by atoms with Crippen LogP contribution >= 0.6 is 0 Å². The maximum Gasteiger partial charge on any atom is 0.407 e. The van der Waals surface area contributed by atoms with Gasteiger partial charge in [-0.1, -0.05) is 61.9 Å². The Balaban J connectivity index is 1.58. The Bertz CT molecular complexity index is 931. The highest BCUT2D eigenvalue weighted by atomic mass is 16.5. The van der Waals surface area contributed by atoms with Crippen LogP contribution in [-0.2, 0) is 14.3 Å². The van der Waals surface area contributed by atoms with Gasteiger partial charge in [-0.25, -0.2) is 4.79 Å². The van der Waals surface area contributed by atoms with Crippen molar-refractivity contribution in [1.29, 1.82) is 0 Å². The van der Waals surface area contributed by atoms with Gasteiger partial charge in [0.05, 0.1) is 12.5 Å². The Hall–Kier alpha value is -3.39. The smallest absolute Gasteiger partial charge is 0.407 e. The lowest BCUT2D eigenvalue weighted by Crippen LogP contribution is -2.48. The third-order valence-electron chi connectivity index (χ3n) is 5.45. The second-order valence-electron chi connectivity index (χ2n) is 7.81. The number of ether oxygens (including phenoxy) is 1.